The molecule has 0 unspecified atom stereocenters. The molecule has 0 spiro atoms. The molecule has 2 N–H and O–H groups in total. The van der Waals surface area contributed by atoms with Crippen molar-refractivity contribution in [2.75, 3.05) is 17.7 Å². The maximum absolute atomic E-state index is 6.28. The molecule has 2 aromatic carbocycles. The Hall–Kier alpha value is -2.07. The first-order valence-electron chi connectivity index (χ1n) is 6.50. The van der Waals surface area contributed by atoms with Crippen LogP contribution in [0.5, 0.6) is 0 Å². The highest BCUT2D eigenvalue weighted by Gasteiger charge is 2.13. The molecule has 0 amide bonds. The van der Waals surface area contributed by atoms with E-state index in [1.54, 1.807) is 11.3 Å². The molecule has 1 aromatic heterocycles. The molecule has 0 saturated carbocycles. The molecule has 0 aliphatic carbocycles. The predicted molar refractivity (Wildman–Crippen MR) is 88.0 cm³/mol. The van der Waals surface area contributed by atoms with Crippen LogP contribution in [-0.4, -0.2) is 12.0 Å². The van der Waals surface area contributed by atoms with E-state index in [1.807, 2.05) is 12.6 Å². The molecule has 1 heterocycles. The fourth-order valence-electron chi connectivity index (χ4n) is 2.55. The molecule has 0 radical (unpaired) electrons. The number of aromatic nitrogens is 1. The van der Waals surface area contributed by atoms with Crippen molar-refractivity contribution >= 4 is 38.6 Å². The Morgan fingerprint density at radius 1 is 1.10 bits per heavy atom. The van der Waals surface area contributed by atoms with Crippen LogP contribution in [0.4, 0.5) is 17.1 Å². The van der Waals surface area contributed by atoms with E-state index in [4.69, 9.17) is 5.73 Å². The van der Waals surface area contributed by atoms with Crippen LogP contribution >= 0.6 is 11.3 Å². The maximum atomic E-state index is 6.28. The number of rotatable bonds is 2. The lowest BCUT2D eigenvalue weighted by molar-refractivity contribution is 1.18. The van der Waals surface area contributed by atoms with E-state index in [2.05, 4.69) is 54.1 Å². The van der Waals surface area contributed by atoms with Gasteiger partial charge in [0.25, 0.3) is 0 Å². The van der Waals surface area contributed by atoms with Crippen molar-refractivity contribution in [2.24, 2.45) is 0 Å². The summed E-state index contributed by atoms with van der Waals surface area (Å²) in [7, 11) is 2.04. The average Bonchev–Trinajstić information content (AvgIpc) is 2.87. The number of anilines is 3. The number of aryl methyl sites for hydroxylation is 2. The smallest absolute Gasteiger partial charge is 0.106 e. The van der Waals surface area contributed by atoms with E-state index in [1.165, 1.54) is 11.1 Å². The van der Waals surface area contributed by atoms with Crippen LogP contribution in [0.2, 0.25) is 0 Å². The molecule has 102 valence electrons. The number of nitrogen functional groups attached to an aromatic ring is 1. The second-order valence-electron chi connectivity index (χ2n) is 5.05. The number of nitrogens with zero attached hydrogens (tertiary/aromatic N) is 2. The molecular weight excluding hydrogens is 266 g/mol. The lowest BCUT2D eigenvalue weighted by Gasteiger charge is -2.23. The monoisotopic (exact) mass is 283 g/mol. The highest BCUT2D eigenvalue weighted by atomic mass is 32.1. The summed E-state index contributed by atoms with van der Waals surface area (Å²) < 4.78 is 1.13. The summed E-state index contributed by atoms with van der Waals surface area (Å²) in [6.07, 6.45) is 0. The minimum atomic E-state index is 0.742. The van der Waals surface area contributed by atoms with Gasteiger partial charge in [0.2, 0.25) is 0 Å². The van der Waals surface area contributed by atoms with Crippen LogP contribution in [0.25, 0.3) is 10.2 Å². The van der Waals surface area contributed by atoms with Gasteiger partial charge >= 0.3 is 0 Å². The molecule has 0 bridgehead atoms. The quantitative estimate of drug-likeness (QED) is 0.714. The topological polar surface area (TPSA) is 42.2 Å². The van der Waals surface area contributed by atoms with E-state index in [9.17, 15) is 0 Å². The zero-order valence-electron chi connectivity index (χ0n) is 11.8. The van der Waals surface area contributed by atoms with Crippen molar-refractivity contribution in [3.8, 4) is 0 Å². The van der Waals surface area contributed by atoms with Crippen LogP contribution in [0, 0.1) is 13.8 Å². The third kappa shape index (κ3) is 2.02. The van der Waals surface area contributed by atoms with Gasteiger partial charge in [0.05, 0.1) is 21.6 Å². The highest BCUT2D eigenvalue weighted by Crippen LogP contribution is 2.36. The van der Waals surface area contributed by atoms with E-state index in [-0.39, 0.29) is 0 Å². The molecule has 3 rings (SSSR count). The Balaban J connectivity index is 2.12. The zero-order valence-corrected chi connectivity index (χ0v) is 12.7. The number of benzene rings is 2. The highest BCUT2D eigenvalue weighted by molar-refractivity contribution is 7.16. The Morgan fingerprint density at radius 2 is 1.85 bits per heavy atom. The molecular formula is C16H17N3S. The summed E-state index contributed by atoms with van der Waals surface area (Å²) in [6.45, 7) is 4.23. The van der Waals surface area contributed by atoms with Crippen molar-refractivity contribution in [3.05, 3.63) is 47.0 Å². The molecule has 3 aromatic rings. The zero-order chi connectivity index (χ0) is 14.3. The molecule has 0 aliphatic rings. The van der Waals surface area contributed by atoms with E-state index < -0.39 is 0 Å². The molecule has 0 saturated heterocycles. The summed E-state index contributed by atoms with van der Waals surface area (Å²) in [4.78, 5) is 6.49. The lowest BCUT2D eigenvalue weighted by atomic mass is 10.1. The fourth-order valence-corrected chi connectivity index (χ4v) is 3.24. The van der Waals surface area contributed by atoms with Crippen LogP contribution in [-0.2, 0) is 0 Å². The second kappa shape index (κ2) is 4.80. The number of hydrogen-bond acceptors (Lipinski definition) is 4. The third-order valence-electron chi connectivity index (χ3n) is 3.59. The number of thiazole rings is 1. The number of fused-ring (bicyclic) bond motifs is 1. The van der Waals surface area contributed by atoms with E-state index in [0.29, 0.717) is 0 Å². The second-order valence-corrected chi connectivity index (χ2v) is 5.93. The molecule has 4 heteroatoms. The summed E-state index contributed by atoms with van der Waals surface area (Å²) in [5, 5.41) is 0. The largest absolute Gasteiger partial charge is 0.395 e. The van der Waals surface area contributed by atoms with Crippen molar-refractivity contribution in [1.82, 2.24) is 4.98 Å². The Kier molecular flexibility index (Phi) is 3.10. The van der Waals surface area contributed by atoms with Crippen molar-refractivity contribution in [3.63, 3.8) is 0 Å². The van der Waals surface area contributed by atoms with E-state index in [0.717, 1.165) is 27.3 Å². The van der Waals surface area contributed by atoms with Gasteiger partial charge in [-0.1, -0.05) is 17.7 Å². The molecule has 20 heavy (non-hydrogen) atoms. The number of nitrogens with two attached hydrogens (primary N) is 1. The minimum absolute atomic E-state index is 0.742. The molecule has 0 atom stereocenters. The van der Waals surface area contributed by atoms with Crippen molar-refractivity contribution in [1.29, 1.82) is 0 Å². The standard InChI is InChI=1S/C16H17N3S/c1-10-4-5-12(11(2)8-10)19(3)13-6-7-14-16(15(13)17)18-9-20-14/h4-9H,17H2,1-3H3. The van der Waals surface area contributed by atoms with Gasteiger partial charge in [-0.2, -0.15) is 0 Å². The lowest BCUT2D eigenvalue weighted by Crippen LogP contribution is -2.13. The molecule has 0 aliphatic heterocycles. The average molecular weight is 283 g/mol. The Labute approximate surface area is 122 Å². The van der Waals surface area contributed by atoms with E-state index >= 15 is 0 Å². The first kappa shape index (κ1) is 12.9. The van der Waals surface area contributed by atoms with Crippen LogP contribution in [0.1, 0.15) is 11.1 Å². The first-order valence-corrected chi connectivity index (χ1v) is 7.38. The third-order valence-corrected chi connectivity index (χ3v) is 4.39. The summed E-state index contributed by atoms with van der Waals surface area (Å²) in [5.41, 5.74) is 14.4. The van der Waals surface area contributed by atoms with Crippen LogP contribution in [0.3, 0.4) is 0 Å². The molecule has 3 nitrogen and oxygen atoms in total. The van der Waals surface area contributed by atoms with Gasteiger partial charge in [-0.15, -0.1) is 11.3 Å². The summed E-state index contributed by atoms with van der Waals surface area (Å²) in [6, 6.07) is 10.6. The predicted octanol–water partition coefficient (Wildman–Crippen LogP) is 4.26. The SMILES string of the molecule is Cc1ccc(N(C)c2ccc3scnc3c2N)c(C)c1. The normalized spacial score (nSPS) is 10.9. The van der Waals surface area contributed by atoms with Gasteiger partial charge in [0, 0.05) is 12.7 Å². The fraction of sp³-hybridized carbons (Fsp3) is 0.188. The Bertz CT molecular complexity index is 776. The van der Waals surface area contributed by atoms with Crippen LogP contribution in [0.15, 0.2) is 35.8 Å². The van der Waals surface area contributed by atoms with Gasteiger partial charge in [0.1, 0.15) is 5.52 Å². The maximum Gasteiger partial charge on any atom is 0.106 e. The van der Waals surface area contributed by atoms with Gasteiger partial charge in [-0.3, -0.25) is 0 Å². The summed E-state index contributed by atoms with van der Waals surface area (Å²) in [5.74, 6) is 0. The van der Waals surface area contributed by atoms with Gasteiger partial charge in [-0.05, 0) is 37.6 Å². The number of hydrogen-bond donors (Lipinski definition) is 1. The minimum Gasteiger partial charge on any atom is -0.395 e. The van der Waals surface area contributed by atoms with Gasteiger partial charge in [0.15, 0.2) is 0 Å². The molecule has 0 fully saturated rings. The van der Waals surface area contributed by atoms with Crippen molar-refractivity contribution in [2.45, 2.75) is 13.8 Å². The van der Waals surface area contributed by atoms with Crippen molar-refractivity contribution < 1.29 is 0 Å². The summed E-state index contributed by atoms with van der Waals surface area (Å²) >= 11 is 1.61. The van der Waals surface area contributed by atoms with Crippen LogP contribution < -0.4 is 10.6 Å². The van der Waals surface area contributed by atoms with Gasteiger partial charge in [-0.25, -0.2) is 4.98 Å². The van der Waals surface area contributed by atoms with Gasteiger partial charge < -0.3 is 10.6 Å². The first-order chi connectivity index (χ1) is 9.58. The Morgan fingerprint density at radius 3 is 2.60 bits per heavy atom.